The fourth-order valence-electron chi connectivity index (χ4n) is 6.92. The van der Waals surface area contributed by atoms with Crippen molar-refractivity contribution in [1.29, 1.82) is 0 Å². The van der Waals surface area contributed by atoms with E-state index in [0.29, 0.717) is 17.3 Å². The second-order valence-electron chi connectivity index (χ2n) is 12.3. The quantitative estimate of drug-likeness (QED) is 0.180. The molecular weight excluding hydrogens is 663 g/mol. The molecule has 0 radical (unpaired) electrons. The SMILES string of the molecule is CN(C)c1cc(NC(=O)Nc2ccc(Cl)cc2C(F)(F)F)c(O)c2c1C[C@@H]1C[C@@H]3[C@@H](N(C)C)C(=O)C(C(N)=O)=C(O)[C@]3(O)C(=O)C1=C2O. The highest BCUT2D eigenvalue weighted by Crippen LogP contribution is 2.54. The number of rotatable bonds is 5. The number of nitrogens with two attached hydrogens (primary N) is 1. The Balaban J connectivity index is 1.62. The summed E-state index contributed by atoms with van der Waals surface area (Å²) in [7, 11) is 6.18. The zero-order chi connectivity index (χ0) is 35.8. The number of fused-ring (bicyclic) bond motifs is 3. The monoisotopic (exact) mass is 693 g/mol. The summed E-state index contributed by atoms with van der Waals surface area (Å²) in [5.41, 5.74) is -0.786. The van der Waals surface area contributed by atoms with Crippen molar-refractivity contribution in [2.45, 2.75) is 30.7 Å². The number of carbonyl (C=O) groups excluding carboxylic acids is 4. The lowest BCUT2D eigenvalue weighted by atomic mass is 9.57. The van der Waals surface area contributed by atoms with Gasteiger partial charge in [-0.25, -0.2) is 4.79 Å². The Morgan fingerprint density at radius 3 is 2.23 bits per heavy atom. The van der Waals surface area contributed by atoms with E-state index in [9.17, 15) is 52.8 Å². The lowest BCUT2D eigenvalue weighted by Crippen LogP contribution is -2.65. The Kier molecular flexibility index (Phi) is 8.43. The van der Waals surface area contributed by atoms with Gasteiger partial charge in [0.15, 0.2) is 17.1 Å². The van der Waals surface area contributed by atoms with E-state index in [0.717, 1.165) is 12.1 Å². The minimum Gasteiger partial charge on any atom is -0.508 e. The lowest BCUT2D eigenvalue weighted by molar-refractivity contribution is -0.153. The maximum atomic E-state index is 14.1. The minimum absolute atomic E-state index is 0.0260. The number of halogens is 4. The average molecular weight is 694 g/mol. The number of hydrogen-bond acceptors (Lipinski definition) is 10. The molecule has 0 unspecified atom stereocenters. The molecule has 1 saturated carbocycles. The maximum Gasteiger partial charge on any atom is 0.418 e. The normalized spacial score (nSPS) is 23.8. The molecule has 0 spiro atoms. The van der Waals surface area contributed by atoms with Gasteiger partial charge in [-0.05, 0) is 62.7 Å². The van der Waals surface area contributed by atoms with Crippen molar-refractivity contribution < 1.29 is 52.8 Å². The Hall–Kier alpha value is -4.80. The number of amides is 3. The van der Waals surface area contributed by atoms with Crippen molar-refractivity contribution in [3.8, 4) is 5.75 Å². The van der Waals surface area contributed by atoms with Crippen LogP contribution in [0, 0.1) is 11.8 Å². The Morgan fingerprint density at radius 2 is 1.67 bits per heavy atom. The molecule has 5 rings (SSSR count). The van der Waals surface area contributed by atoms with Crippen LogP contribution in [0.15, 0.2) is 41.2 Å². The number of likely N-dealkylation sites (N-methyl/N-ethyl adjacent to an activating group) is 1. The number of hydrogen-bond donors (Lipinski definition) is 7. The Labute approximate surface area is 276 Å². The Bertz CT molecular complexity index is 1860. The molecule has 2 aromatic carbocycles. The molecular formula is C31H31ClF3N5O8. The molecule has 1 fully saturated rings. The number of aliphatic hydroxyl groups is 3. The summed E-state index contributed by atoms with van der Waals surface area (Å²) in [5.74, 6) is -8.43. The average Bonchev–Trinajstić information content (AvgIpc) is 2.96. The zero-order valence-corrected chi connectivity index (χ0v) is 26.6. The fraction of sp³-hybridized carbons (Fsp3) is 0.355. The summed E-state index contributed by atoms with van der Waals surface area (Å²) in [4.78, 5) is 55.5. The standard InChI is InChI=1S/C31H31ClF3N5O8/c1-39(2)18-10-17(38-29(47)37-16-6-5-12(32)9-14(16)31(33,34)35)23(41)20-13(18)7-11-8-15-22(40(3)4)25(43)21(28(36)46)27(45)30(15,48)26(44)19(11)24(20)42/h5-6,9-11,15,22,41-42,45,48H,7-8H2,1-4H3,(H2,36,46)(H2,37,38,47)/t11-,15-,22-,30-/m1/s1. The number of phenols is 1. The van der Waals surface area contributed by atoms with E-state index in [1.165, 1.54) is 25.1 Å². The lowest BCUT2D eigenvalue weighted by Gasteiger charge is -2.50. The van der Waals surface area contributed by atoms with E-state index in [1.54, 1.807) is 19.0 Å². The van der Waals surface area contributed by atoms with Crippen LogP contribution in [0.3, 0.4) is 0 Å². The number of nitrogens with zero attached hydrogens (tertiary/aromatic N) is 2. The first-order chi connectivity index (χ1) is 22.2. The molecule has 0 bridgehead atoms. The van der Waals surface area contributed by atoms with Crippen LogP contribution in [-0.4, -0.2) is 88.7 Å². The third kappa shape index (κ3) is 5.29. The highest BCUT2D eigenvalue weighted by molar-refractivity contribution is 6.30. The van der Waals surface area contributed by atoms with Gasteiger partial charge in [-0.3, -0.25) is 19.3 Å². The van der Waals surface area contributed by atoms with Gasteiger partial charge in [-0.1, -0.05) is 11.6 Å². The number of carbonyl (C=O) groups is 4. The first-order valence-electron chi connectivity index (χ1n) is 14.4. The third-order valence-corrected chi connectivity index (χ3v) is 9.20. The minimum atomic E-state index is -4.87. The van der Waals surface area contributed by atoms with E-state index >= 15 is 0 Å². The van der Waals surface area contributed by atoms with Crippen LogP contribution < -0.4 is 21.3 Å². The molecule has 2 aromatic rings. The van der Waals surface area contributed by atoms with Gasteiger partial charge in [0.2, 0.25) is 5.78 Å². The zero-order valence-electron chi connectivity index (χ0n) is 25.9. The first-order valence-corrected chi connectivity index (χ1v) is 14.7. The Morgan fingerprint density at radius 1 is 1.04 bits per heavy atom. The van der Waals surface area contributed by atoms with Crippen molar-refractivity contribution in [2.75, 3.05) is 43.7 Å². The first kappa shape index (κ1) is 34.5. The number of phenolic OH excluding ortho intramolecular Hbond substituents is 1. The number of benzene rings is 2. The van der Waals surface area contributed by atoms with Crippen LogP contribution in [0.2, 0.25) is 5.02 Å². The summed E-state index contributed by atoms with van der Waals surface area (Å²) in [6.45, 7) is 0. The van der Waals surface area contributed by atoms with Gasteiger partial charge in [-0.2, -0.15) is 13.2 Å². The molecule has 17 heteroatoms. The van der Waals surface area contributed by atoms with Gasteiger partial charge < -0.3 is 41.7 Å². The highest BCUT2D eigenvalue weighted by atomic mass is 35.5. The van der Waals surface area contributed by atoms with Crippen molar-refractivity contribution in [1.82, 2.24) is 4.90 Å². The fourth-order valence-corrected chi connectivity index (χ4v) is 7.09. The van der Waals surface area contributed by atoms with E-state index < -0.39 is 92.8 Å². The van der Waals surface area contributed by atoms with Crippen molar-refractivity contribution in [3.05, 3.63) is 62.9 Å². The number of anilines is 3. The molecule has 3 aliphatic carbocycles. The van der Waals surface area contributed by atoms with Crippen molar-refractivity contribution in [2.24, 2.45) is 17.6 Å². The van der Waals surface area contributed by atoms with Gasteiger partial charge in [0.1, 0.15) is 17.1 Å². The van der Waals surface area contributed by atoms with E-state index in [-0.39, 0.29) is 29.1 Å². The van der Waals surface area contributed by atoms with Crippen LogP contribution in [0.5, 0.6) is 5.75 Å². The van der Waals surface area contributed by atoms with E-state index in [2.05, 4.69) is 10.6 Å². The van der Waals surface area contributed by atoms with Gasteiger partial charge in [-0.15, -0.1) is 0 Å². The number of urea groups is 1. The number of aliphatic hydroxyl groups excluding tert-OH is 2. The largest absolute Gasteiger partial charge is 0.508 e. The predicted octanol–water partition coefficient (Wildman–Crippen LogP) is 3.35. The molecule has 4 atom stereocenters. The molecule has 8 N–H and O–H groups in total. The predicted molar refractivity (Wildman–Crippen MR) is 168 cm³/mol. The number of primary amides is 1. The van der Waals surface area contributed by atoms with Crippen molar-refractivity contribution in [3.63, 3.8) is 0 Å². The number of aromatic hydroxyl groups is 1. The highest BCUT2D eigenvalue weighted by Gasteiger charge is 2.64. The van der Waals surface area contributed by atoms with Crippen LogP contribution in [0.1, 0.15) is 23.1 Å². The van der Waals surface area contributed by atoms with Crippen LogP contribution in [0.4, 0.5) is 35.0 Å². The number of Topliss-reactive ketones (excluding diaryl/α,β-unsaturated/α-hetero) is 2. The number of alkyl halides is 3. The summed E-state index contributed by atoms with van der Waals surface area (Å²) in [6, 6.07) is 1.56. The summed E-state index contributed by atoms with van der Waals surface area (Å²) < 4.78 is 40.8. The number of ketones is 2. The summed E-state index contributed by atoms with van der Waals surface area (Å²) in [5, 5.41) is 49.8. The second kappa shape index (κ2) is 11.7. The summed E-state index contributed by atoms with van der Waals surface area (Å²) in [6.07, 6.45) is -5.03. The molecule has 48 heavy (non-hydrogen) atoms. The molecule has 0 heterocycles. The molecule has 256 valence electrons. The van der Waals surface area contributed by atoms with Crippen LogP contribution in [0.25, 0.3) is 5.76 Å². The molecule has 3 aliphatic rings. The van der Waals surface area contributed by atoms with Gasteiger partial charge in [0.05, 0.1) is 28.5 Å². The van der Waals surface area contributed by atoms with Gasteiger partial charge in [0, 0.05) is 36.3 Å². The molecule has 0 aliphatic heterocycles. The second-order valence-corrected chi connectivity index (χ2v) is 12.7. The van der Waals surface area contributed by atoms with Gasteiger partial charge in [0.25, 0.3) is 5.91 Å². The summed E-state index contributed by atoms with van der Waals surface area (Å²) >= 11 is 5.71. The van der Waals surface area contributed by atoms with Crippen LogP contribution >= 0.6 is 11.6 Å². The topological polar surface area (TPSA) is 206 Å². The van der Waals surface area contributed by atoms with E-state index in [1.807, 2.05) is 0 Å². The van der Waals surface area contributed by atoms with Gasteiger partial charge >= 0.3 is 12.2 Å². The number of nitrogens with one attached hydrogen (secondary N) is 2. The molecule has 13 nitrogen and oxygen atoms in total. The molecule has 3 amide bonds. The van der Waals surface area contributed by atoms with E-state index in [4.69, 9.17) is 17.3 Å². The maximum absolute atomic E-state index is 14.1. The van der Waals surface area contributed by atoms with Crippen LogP contribution in [-0.2, 0) is 27.0 Å². The molecule has 0 aromatic heterocycles. The smallest absolute Gasteiger partial charge is 0.418 e. The third-order valence-electron chi connectivity index (χ3n) is 8.96. The van der Waals surface area contributed by atoms with Crippen molar-refractivity contribution >= 4 is 57.9 Å². The molecule has 0 saturated heterocycles.